The first-order valence-corrected chi connectivity index (χ1v) is 12.9. The monoisotopic (exact) mass is 546 g/mol. The van der Waals surface area contributed by atoms with E-state index >= 15 is 0 Å². The van der Waals surface area contributed by atoms with E-state index in [4.69, 9.17) is 28.7 Å². The number of aromatic nitrogens is 3. The zero-order valence-electron chi connectivity index (χ0n) is 23.6. The number of nitrogens with zero attached hydrogens (tertiary/aromatic N) is 5. The van der Waals surface area contributed by atoms with E-state index in [-0.39, 0.29) is 0 Å². The molecule has 0 amide bonds. The molecule has 2 aromatic heterocycles. The van der Waals surface area contributed by atoms with Crippen LogP contribution in [0.3, 0.4) is 0 Å². The van der Waals surface area contributed by atoms with Gasteiger partial charge in [-0.2, -0.15) is 4.98 Å². The lowest BCUT2D eigenvalue weighted by Gasteiger charge is -2.37. The number of anilines is 4. The minimum absolute atomic E-state index is 0.513. The molecule has 210 valence electrons. The predicted molar refractivity (Wildman–Crippen MR) is 155 cm³/mol. The van der Waals surface area contributed by atoms with Crippen LogP contribution in [0.2, 0.25) is 0 Å². The molecular formula is C29H34N6O5. The summed E-state index contributed by atoms with van der Waals surface area (Å²) in [4.78, 5) is 18.6. The van der Waals surface area contributed by atoms with Gasteiger partial charge < -0.3 is 38.8 Å². The summed E-state index contributed by atoms with van der Waals surface area (Å²) in [6, 6.07) is 11.5. The summed E-state index contributed by atoms with van der Waals surface area (Å²) in [6.07, 6.45) is 1.81. The molecule has 1 N–H and O–H groups in total. The van der Waals surface area contributed by atoms with Crippen LogP contribution < -0.4 is 38.8 Å². The van der Waals surface area contributed by atoms with E-state index in [1.54, 1.807) is 35.5 Å². The molecule has 0 aliphatic carbocycles. The third-order valence-corrected chi connectivity index (χ3v) is 6.90. The summed E-state index contributed by atoms with van der Waals surface area (Å²) in [5.74, 6) is 4.49. The Morgan fingerprint density at radius 3 is 2.02 bits per heavy atom. The summed E-state index contributed by atoms with van der Waals surface area (Å²) in [6.45, 7) is 5.10. The van der Waals surface area contributed by atoms with Crippen molar-refractivity contribution in [2.45, 2.75) is 6.92 Å². The Morgan fingerprint density at radius 2 is 1.40 bits per heavy atom. The van der Waals surface area contributed by atoms with Crippen LogP contribution in [0.5, 0.6) is 28.7 Å². The first-order valence-electron chi connectivity index (χ1n) is 12.9. The molecular weight excluding hydrogens is 512 g/mol. The highest BCUT2D eigenvalue weighted by Gasteiger charge is 2.25. The van der Waals surface area contributed by atoms with Crippen molar-refractivity contribution in [3.8, 4) is 28.7 Å². The van der Waals surface area contributed by atoms with E-state index in [1.165, 1.54) is 0 Å². The van der Waals surface area contributed by atoms with Crippen LogP contribution in [0, 0.1) is 6.92 Å². The highest BCUT2D eigenvalue weighted by molar-refractivity contribution is 6.00. The van der Waals surface area contributed by atoms with Gasteiger partial charge in [-0.15, -0.1) is 0 Å². The Bertz CT molecular complexity index is 1480. The molecule has 0 spiro atoms. The van der Waals surface area contributed by atoms with Gasteiger partial charge in [-0.3, -0.25) is 4.98 Å². The largest absolute Gasteiger partial charge is 0.497 e. The normalized spacial score (nSPS) is 13.2. The van der Waals surface area contributed by atoms with Gasteiger partial charge in [-0.25, -0.2) is 4.98 Å². The van der Waals surface area contributed by atoms with Crippen LogP contribution >= 0.6 is 0 Å². The number of hydrogen-bond donors (Lipinski definition) is 1. The maximum atomic E-state index is 5.80. The average molecular weight is 547 g/mol. The van der Waals surface area contributed by atoms with E-state index < -0.39 is 0 Å². The molecule has 0 radical (unpaired) electrons. The van der Waals surface area contributed by atoms with Crippen LogP contribution in [0.1, 0.15) is 5.69 Å². The molecule has 1 fully saturated rings. The fourth-order valence-corrected chi connectivity index (χ4v) is 4.98. The zero-order chi connectivity index (χ0) is 28.2. The molecule has 4 aromatic rings. The molecule has 2 aromatic carbocycles. The molecule has 11 nitrogen and oxygen atoms in total. The Hall–Kier alpha value is -4.67. The molecule has 0 bridgehead atoms. The minimum atomic E-state index is 0.513. The number of fused-ring (bicyclic) bond motifs is 1. The fourth-order valence-electron chi connectivity index (χ4n) is 4.98. The van der Waals surface area contributed by atoms with Crippen molar-refractivity contribution >= 4 is 34.0 Å². The lowest BCUT2D eigenvalue weighted by Crippen LogP contribution is -2.47. The molecule has 1 aliphatic heterocycles. The van der Waals surface area contributed by atoms with Gasteiger partial charge in [0.2, 0.25) is 11.7 Å². The second-order valence-electron chi connectivity index (χ2n) is 9.26. The van der Waals surface area contributed by atoms with E-state index in [9.17, 15) is 0 Å². The van der Waals surface area contributed by atoms with Gasteiger partial charge in [0, 0.05) is 74.1 Å². The molecule has 0 atom stereocenters. The van der Waals surface area contributed by atoms with Crippen LogP contribution in [0.25, 0.3) is 10.9 Å². The standard InChI is InChI=1S/C29H34N6O5/c1-18-13-25(33-29(31-18)32-19-14-20(36-2)16-21(15-19)37-3)35-11-9-34(10-12-35)23-7-8-30-22-17-24(38-4)27(39-5)28(40-6)26(22)23/h7-8,13-17H,9-12H2,1-6H3,(H,31,32,33). The molecule has 40 heavy (non-hydrogen) atoms. The Labute approximate surface area is 233 Å². The van der Waals surface area contributed by atoms with Gasteiger partial charge in [0.25, 0.3) is 0 Å². The highest BCUT2D eigenvalue weighted by Crippen LogP contribution is 2.46. The van der Waals surface area contributed by atoms with Crippen molar-refractivity contribution in [1.82, 2.24) is 15.0 Å². The molecule has 0 saturated carbocycles. The lowest BCUT2D eigenvalue weighted by atomic mass is 10.1. The molecule has 5 rings (SSSR count). The van der Waals surface area contributed by atoms with Crippen molar-refractivity contribution in [2.75, 3.05) is 76.8 Å². The first kappa shape index (κ1) is 26.9. The van der Waals surface area contributed by atoms with Crippen LogP contribution in [0.15, 0.2) is 42.6 Å². The number of benzene rings is 2. The second-order valence-corrected chi connectivity index (χ2v) is 9.26. The van der Waals surface area contributed by atoms with E-state index in [0.29, 0.717) is 34.7 Å². The smallest absolute Gasteiger partial charge is 0.229 e. The SMILES string of the molecule is COc1cc(Nc2nc(C)cc(N3CCN(c4ccnc5cc(OC)c(OC)c(OC)c45)CC3)n2)cc(OC)c1. The van der Waals surface area contributed by atoms with Crippen LogP contribution in [0.4, 0.5) is 23.1 Å². The number of nitrogens with one attached hydrogen (secondary N) is 1. The second kappa shape index (κ2) is 11.6. The quantitative estimate of drug-likeness (QED) is 0.322. The number of rotatable bonds is 9. The van der Waals surface area contributed by atoms with Crippen molar-refractivity contribution in [1.29, 1.82) is 0 Å². The predicted octanol–water partition coefficient (Wildman–Crippen LogP) is 4.45. The summed E-state index contributed by atoms with van der Waals surface area (Å²) in [5, 5.41) is 4.20. The fraction of sp³-hybridized carbons (Fsp3) is 0.345. The van der Waals surface area contributed by atoms with Gasteiger partial charge in [0.05, 0.1) is 52.1 Å². The van der Waals surface area contributed by atoms with E-state index in [2.05, 4.69) is 25.1 Å². The number of ether oxygens (including phenoxy) is 5. The van der Waals surface area contributed by atoms with Crippen molar-refractivity contribution in [2.24, 2.45) is 0 Å². The summed E-state index contributed by atoms with van der Waals surface area (Å²) < 4.78 is 27.7. The topological polar surface area (TPSA) is 103 Å². The average Bonchev–Trinajstić information content (AvgIpc) is 2.99. The van der Waals surface area contributed by atoms with Gasteiger partial charge in [-0.05, 0) is 13.0 Å². The van der Waals surface area contributed by atoms with E-state index in [0.717, 1.165) is 60.0 Å². The first-order chi connectivity index (χ1) is 19.5. The van der Waals surface area contributed by atoms with Gasteiger partial charge in [0.1, 0.15) is 17.3 Å². The van der Waals surface area contributed by atoms with Gasteiger partial charge >= 0.3 is 0 Å². The van der Waals surface area contributed by atoms with Crippen molar-refractivity contribution in [3.63, 3.8) is 0 Å². The lowest BCUT2D eigenvalue weighted by molar-refractivity contribution is 0.327. The third-order valence-electron chi connectivity index (χ3n) is 6.90. The van der Waals surface area contributed by atoms with Crippen molar-refractivity contribution in [3.05, 3.63) is 48.3 Å². The Kier molecular flexibility index (Phi) is 7.81. The Balaban J connectivity index is 1.38. The number of aryl methyl sites for hydroxylation is 1. The highest BCUT2D eigenvalue weighted by atomic mass is 16.5. The molecule has 3 heterocycles. The maximum Gasteiger partial charge on any atom is 0.229 e. The Morgan fingerprint density at radius 1 is 0.725 bits per heavy atom. The zero-order valence-corrected chi connectivity index (χ0v) is 23.6. The molecule has 1 aliphatic rings. The molecule has 1 saturated heterocycles. The minimum Gasteiger partial charge on any atom is -0.497 e. The maximum absolute atomic E-state index is 5.80. The van der Waals surface area contributed by atoms with Crippen LogP contribution in [-0.4, -0.2) is 76.7 Å². The van der Waals surface area contributed by atoms with Gasteiger partial charge in [-0.1, -0.05) is 0 Å². The van der Waals surface area contributed by atoms with Crippen LogP contribution in [-0.2, 0) is 0 Å². The number of hydrogen-bond acceptors (Lipinski definition) is 11. The number of pyridine rings is 1. The van der Waals surface area contributed by atoms with E-state index in [1.807, 2.05) is 49.5 Å². The molecule has 0 unspecified atom stereocenters. The molecule has 11 heteroatoms. The summed E-state index contributed by atoms with van der Waals surface area (Å²) >= 11 is 0. The van der Waals surface area contributed by atoms with Crippen molar-refractivity contribution < 1.29 is 23.7 Å². The third kappa shape index (κ3) is 5.27. The number of methoxy groups -OCH3 is 5. The number of piperazine rings is 1. The van der Waals surface area contributed by atoms with Gasteiger partial charge in [0.15, 0.2) is 11.5 Å². The summed E-state index contributed by atoms with van der Waals surface area (Å²) in [5.41, 5.74) is 3.47. The summed E-state index contributed by atoms with van der Waals surface area (Å²) in [7, 11) is 8.10.